The predicted octanol–water partition coefficient (Wildman–Crippen LogP) is 4.39. The number of hydrogen-bond donors (Lipinski definition) is 1. The highest BCUT2D eigenvalue weighted by Crippen LogP contribution is 2.33. The molecule has 0 aliphatic carbocycles. The molecule has 1 aromatic heterocycles. The van der Waals surface area contributed by atoms with Crippen LogP contribution >= 0.6 is 11.3 Å². The quantitative estimate of drug-likeness (QED) is 0.725. The molecular weight excluding hydrogens is 371 g/mol. The first-order valence-electron chi connectivity index (χ1n) is 7.96. The number of aromatic nitrogens is 2. The van der Waals surface area contributed by atoms with Gasteiger partial charge in [-0.25, -0.2) is 0 Å². The van der Waals surface area contributed by atoms with E-state index in [1.165, 1.54) is 12.1 Å². The van der Waals surface area contributed by atoms with Gasteiger partial charge in [-0.15, -0.1) is 10.2 Å². The number of carbonyl (C=O) groups excluding carboxylic acids is 1. The molecule has 10 heteroatoms. The lowest BCUT2D eigenvalue weighted by molar-refractivity contribution is -0.138. The highest BCUT2D eigenvalue weighted by atomic mass is 32.1. The first-order valence-corrected chi connectivity index (χ1v) is 8.78. The standard InChI is InChI=1S/C16H18F3N3O3S/c1-3-7-24-11-6-5-10(9-12(11)25-8-4-2)13(23)20-15-22-21-14(26-15)16(17,18)19/h5-6,9H,3-4,7-8H2,1-2H3,(H,20,22,23). The molecule has 2 rings (SSSR count). The Bertz CT molecular complexity index is 750. The van der Waals surface area contributed by atoms with Crippen molar-refractivity contribution in [3.63, 3.8) is 0 Å². The van der Waals surface area contributed by atoms with Crippen LogP contribution in [0.15, 0.2) is 18.2 Å². The lowest BCUT2D eigenvalue weighted by Gasteiger charge is -2.13. The Kier molecular flexibility index (Phi) is 6.78. The second-order valence-electron chi connectivity index (χ2n) is 5.22. The summed E-state index contributed by atoms with van der Waals surface area (Å²) in [5.41, 5.74) is 0.212. The maximum atomic E-state index is 12.5. The average Bonchev–Trinajstić information content (AvgIpc) is 3.07. The fraction of sp³-hybridized carbons (Fsp3) is 0.438. The number of nitrogens with one attached hydrogen (secondary N) is 1. The molecule has 1 amide bonds. The van der Waals surface area contributed by atoms with Crippen LogP contribution in [0.3, 0.4) is 0 Å². The van der Waals surface area contributed by atoms with E-state index in [2.05, 4.69) is 15.5 Å². The summed E-state index contributed by atoms with van der Waals surface area (Å²) in [5, 5.41) is 7.32. The van der Waals surface area contributed by atoms with Crippen molar-refractivity contribution in [2.45, 2.75) is 32.9 Å². The van der Waals surface area contributed by atoms with Gasteiger partial charge in [-0.3, -0.25) is 10.1 Å². The van der Waals surface area contributed by atoms with Gasteiger partial charge < -0.3 is 9.47 Å². The third-order valence-corrected chi connectivity index (χ3v) is 3.90. The van der Waals surface area contributed by atoms with E-state index in [0.717, 1.165) is 12.8 Å². The van der Waals surface area contributed by atoms with Gasteiger partial charge in [0.1, 0.15) is 0 Å². The van der Waals surface area contributed by atoms with E-state index in [-0.39, 0.29) is 22.0 Å². The molecule has 0 unspecified atom stereocenters. The van der Waals surface area contributed by atoms with Crippen LogP contribution in [-0.4, -0.2) is 29.3 Å². The molecule has 0 saturated carbocycles. The predicted molar refractivity (Wildman–Crippen MR) is 90.9 cm³/mol. The van der Waals surface area contributed by atoms with Crippen molar-refractivity contribution in [2.75, 3.05) is 18.5 Å². The van der Waals surface area contributed by atoms with Crippen LogP contribution in [0.5, 0.6) is 11.5 Å². The Labute approximate surface area is 152 Å². The number of amides is 1. The van der Waals surface area contributed by atoms with Crippen molar-refractivity contribution in [2.24, 2.45) is 0 Å². The zero-order valence-electron chi connectivity index (χ0n) is 14.2. The summed E-state index contributed by atoms with van der Waals surface area (Å²) in [6, 6.07) is 4.59. The zero-order valence-corrected chi connectivity index (χ0v) is 15.0. The van der Waals surface area contributed by atoms with Crippen LogP contribution in [0, 0.1) is 0 Å². The molecule has 142 valence electrons. The topological polar surface area (TPSA) is 73.3 Å². The Morgan fingerprint density at radius 3 is 2.35 bits per heavy atom. The molecule has 2 aromatic rings. The number of carbonyl (C=O) groups is 1. The number of nitrogens with zero attached hydrogens (tertiary/aromatic N) is 2. The zero-order chi connectivity index (χ0) is 19.2. The van der Waals surface area contributed by atoms with Gasteiger partial charge in [0, 0.05) is 5.56 Å². The van der Waals surface area contributed by atoms with Crippen LogP contribution in [0.1, 0.15) is 42.1 Å². The van der Waals surface area contributed by atoms with E-state index >= 15 is 0 Å². The summed E-state index contributed by atoms with van der Waals surface area (Å²) < 4.78 is 48.8. The number of halogens is 3. The highest BCUT2D eigenvalue weighted by Gasteiger charge is 2.35. The van der Waals surface area contributed by atoms with E-state index in [1.54, 1.807) is 6.07 Å². The second kappa shape index (κ2) is 8.84. The number of ether oxygens (including phenoxy) is 2. The minimum atomic E-state index is -4.60. The Morgan fingerprint density at radius 2 is 1.77 bits per heavy atom. The SMILES string of the molecule is CCCOc1ccc(C(=O)Nc2nnc(C(F)(F)F)s2)cc1OCCC. The van der Waals surface area contributed by atoms with Crippen molar-refractivity contribution < 1.29 is 27.4 Å². The lowest BCUT2D eigenvalue weighted by atomic mass is 10.2. The van der Waals surface area contributed by atoms with Crippen LogP contribution in [0.25, 0.3) is 0 Å². The summed E-state index contributed by atoms with van der Waals surface area (Å²) >= 11 is 0.260. The number of alkyl halides is 3. The maximum Gasteiger partial charge on any atom is 0.445 e. The molecule has 26 heavy (non-hydrogen) atoms. The van der Waals surface area contributed by atoms with Gasteiger partial charge in [0.05, 0.1) is 13.2 Å². The largest absolute Gasteiger partial charge is 0.490 e. The molecule has 0 atom stereocenters. The van der Waals surface area contributed by atoms with Gasteiger partial charge in [-0.05, 0) is 31.0 Å². The molecule has 0 aliphatic rings. The summed E-state index contributed by atoms with van der Waals surface area (Å²) in [7, 11) is 0. The summed E-state index contributed by atoms with van der Waals surface area (Å²) in [4.78, 5) is 12.3. The number of anilines is 1. The number of hydrogen-bond acceptors (Lipinski definition) is 6. The molecule has 6 nitrogen and oxygen atoms in total. The maximum absolute atomic E-state index is 12.5. The van der Waals surface area contributed by atoms with E-state index in [4.69, 9.17) is 9.47 Å². The van der Waals surface area contributed by atoms with Gasteiger partial charge in [0.2, 0.25) is 10.1 Å². The average molecular weight is 389 g/mol. The lowest BCUT2D eigenvalue weighted by Crippen LogP contribution is -2.12. The first-order chi connectivity index (χ1) is 12.3. The van der Waals surface area contributed by atoms with E-state index in [1.807, 2.05) is 13.8 Å². The monoisotopic (exact) mass is 389 g/mol. The van der Waals surface area contributed by atoms with Crippen molar-refractivity contribution >= 4 is 22.4 Å². The van der Waals surface area contributed by atoms with Crippen LogP contribution in [0.2, 0.25) is 0 Å². The van der Waals surface area contributed by atoms with Crippen molar-refractivity contribution in [3.05, 3.63) is 28.8 Å². The molecular formula is C16H18F3N3O3S. The normalized spacial score (nSPS) is 11.3. The summed E-state index contributed by atoms with van der Waals surface area (Å²) in [6.45, 7) is 4.85. The molecule has 0 fully saturated rings. The Hall–Kier alpha value is -2.36. The van der Waals surface area contributed by atoms with E-state index in [9.17, 15) is 18.0 Å². The molecule has 1 aromatic carbocycles. The number of rotatable bonds is 8. The van der Waals surface area contributed by atoms with Crippen LogP contribution in [-0.2, 0) is 6.18 Å². The minimum Gasteiger partial charge on any atom is -0.490 e. The summed E-state index contributed by atoms with van der Waals surface area (Å²) in [5.74, 6) is 0.298. The molecule has 1 N–H and O–H groups in total. The molecule has 0 aliphatic heterocycles. The fourth-order valence-electron chi connectivity index (χ4n) is 1.86. The molecule has 0 radical (unpaired) electrons. The van der Waals surface area contributed by atoms with Gasteiger partial charge in [0.25, 0.3) is 5.91 Å². The van der Waals surface area contributed by atoms with Crippen LogP contribution < -0.4 is 14.8 Å². The van der Waals surface area contributed by atoms with Gasteiger partial charge in [-0.2, -0.15) is 13.2 Å². The smallest absolute Gasteiger partial charge is 0.445 e. The Morgan fingerprint density at radius 1 is 1.12 bits per heavy atom. The summed E-state index contributed by atoms with van der Waals surface area (Å²) in [6.07, 6.45) is -3.01. The van der Waals surface area contributed by atoms with Crippen molar-refractivity contribution in [3.8, 4) is 11.5 Å². The fourth-order valence-corrected chi connectivity index (χ4v) is 2.47. The minimum absolute atomic E-state index is 0.212. The van der Waals surface area contributed by atoms with Gasteiger partial charge >= 0.3 is 6.18 Å². The Balaban J connectivity index is 2.15. The molecule has 1 heterocycles. The van der Waals surface area contributed by atoms with Crippen molar-refractivity contribution in [1.29, 1.82) is 0 Å². The van der Waals surface area contributed by atoms with E-state index in [0.29, 0.717) is 24.7 Å². The van der Waals surface area contributed by atoms with E-state index < -0.39 is 17.1 Å². The third kappa shape index (κ3) is 5.32. The van der Waals surface area contributed by atoms with Crippen LogP contribution in [0.4, 0.5) is 18.3 Å². The van der Waals surface area contributed by atoms with Gasteiger partial charge in [-0.1, -0.05) is 25.2 Å². The first kappa shape index (κ1) is 20.0. The molecule has 0 spiro atoms. The molecule has 0 saturated heterocycles. The van der Waals surface area contributed by atoms with Gasteiger partial charge in [0.15, 0.2) is 11.5 Å². The second-order valence-corrected chi connectivity index (χ2v) is 6.20. The number of benzene rings is 1. The molecule has 0 bridgehead atoms. The highest BCUT2D eigenvalue weighted by molar-refractivity contribution is 7.15. The third-order valence-electron chi connectivity index (χ3n) is 3.02. The van der Waals surface area contributed by atoms with Crippen molar-refractivity contribution in [1.82, 2.24) is 10.2 Å².